The summed E-state index contributed by atoms with van der Waals surface area (Å²) in [5.74, 6) is -0.175. The fourth-order valence-corrected chi connectivity index (χ4v) is 2.76. The molecule has 1 aromatic heterocycles. The van der Waals surface area contributed by atoms with E-state index < -0.39 is 0 Å². The van der Waals surface area contributed by atoms with E-state index >= 15 is 0 Å². The zero-order valence-electron chi connectivity index (χ0n) is 15.1. The number of carbonyl (C=O) groups is 1. The minimum Gasteiger partial charge on any atom is -0.370 e. The number of rotatable bonds is 7. The summed E-state index contributed by atoms with van der Waals surface area (Å²) in [6.07, 6.45) is 3.98. The molecule has 0 bridgehead atoms. The van der Waals surface area contributed by atoms with Crippen LogP contribution in [0.3, 0.4) is 0 Å². The van der Waals surface area contributed by atoms with Gasteiger partial charge in [0.05, 0.1) is 11.9 Å². The smallest absolute Gasteiger partial charge is 0.274 e. The number of aryl methyl sites for hydroxylation is 2. The summed E-state index contributed by atoms with van der Waals surface area (Å²) < 4.78 is 0. The topological polar surface area (TPSA) is 45.2 Å². The Morgan fingerprint density at radius 2 is 1.79 bits per heavy atom. The summed E-state index contributed by atoms with van der Waals surface area (Å²) in [4.78, 5) is 19.1. The summed E-state index contributed by atoms with van der Waals surface area (Å²) in [6, 6.07) is 9.76. The highest BCUT2D eigenvalue weighted by molar-refractivity contribution is 6.03. The predicted molar refractivity (Wildman–Crippen MR) is 101 cm³/mol. The van der Waals surface area contributed by atoms with Crippen molar-refractivity contribution in [2.75, 3.05) is 23.3 Å². The molecule has 4 nitrogen and oxygen atoms in total. The third-order valence-corrected chi connectivity index (χ3v) is 3.96. The Labute approximate surface area is 144 Å². The van der Waals surface area contributed by atoms with Gasteiger partial charge in [-0.3, -0.25) is 4.79 Å². The normalized spacial score (nSPS) is 10.5. The van der Waals surface area contributed by atoms with Gasteiger partial charge in [0.2, 0.25) is 0 Å². The molecule has 0 fully saturated rings. The van der Waals surface area contributed by atoms with Gasteiger partial charge in [-0.05, 0) is 50.5 Å². The van der Waals surface area contributed by atoms with E-state index in [0.29, 0.717) is 5.69 Å². The molecule has 1 heterocycles. The average Bonchev–Trinajstić information content (AvgIpc) is 2.57. The lowest BCUT2D eigenvalue weighted by Crippen LogP contribution is -2.25. The summed E-state index contributed by atoms with van der Waals surface area (Å²) >= 11 is 0. The number of anilines is 2. The fourth-order valence-electron chi connectivity index (χ4n) is 2.76. The van der Waals surface area contributed by atoms with Crippen LogP contribution in [0, 0.1) is 13.8 Å². The molecule has 0 saturated carbocycles. The van der Waals surface area contributed by atoms with Crippen LogP contribution in [0.15, 0.2) is 36.5 Å². The van der Waals surface area contributed by atoms with Gasteiger partial charge < -0.3 is 10.2 Å². The van der Waals surface area contributed by atoms with Crippen molar-refractivity contribution in [2.24, 2.45) is 0 Å². The van der Waals surface area contributed by atoms with E-state index in [0.717, 1.165) is 42.9 Å². The van der Waals surface area contributed by atoms with Gasteiger partial charge in [-0.15, -0.1) is 0 Å². The first-order valence-corrected chi connectivity index (χ1v) is 8.64. The molecule has 1 amide bonds. The first-order valence-electron chi connectivity index (χ1n) is 8.64. The second-order valence-electron chi connectivity index (χ2n) is 6.16. The molecular weight excluding hydrogens is 298 g/mol. The molecule has 0 aliphatic heterocycles. The Morgan fingerprint density at radius 3 is 2.33 bits per heavy atom. The van der Waals surface area contributed by atoms with Crippen LogP contribution in [-0.2, 0) is 0 Å². The van der Waals surface area contributed by atoms with Crippen molar-refractivity contribution in [1.29, 1.82) is 0 Å². The zero-order chi connectivity index (χ0) is 17.5. The largest absolute Gasteiger partial charge is 0.370 e. The van der Waals surface area contributed by atoms with E-state index in [1.165, 1.54) is 5.56 Å². The lowest BCUT2D eigenvalue weighted by molar-refractivity contribution is 0.102. The van der Waals surface area contributed by atoms with Crippen molar-refractivity contribution in [1.82, 2.24) is 4.98 Å². The first-order chi connectivity index (χ1) is 11.5. The number of carbonyl (C=O) groups excluding carboxylic acids is 1. The molecule has 1 aromatic carbocycles. The molecule has 0 aliphatic rings. The fraction of sp³-hybridized carbons (Fsp3) is 0.400. The minimum absolute atomic E-state index is 0.175. The van der Waals surface area contributed by atoms with Gasteiger partial charge in [-0.1, -0.05) is 31.5 Å². The van der Waals surface area contributed by atoms with Crippen LogP contribution in [-0.4, -0.2) is 24.0 Å². The number of pyridine rings is 1. The molecule has 4 heteroatoms. The van der Waals surface area contributed by atoms with E-state index in [1.54, 1.807) is 12.3 Å². The van der Waals surface area contributed by atoms with Gasteiger partial charge in [0.1, 0.15) is 5.69 Å². The summed E-state index contributed by atoms with van der Waals surface area (Å²) in [7, 11) is 0. The van der Waals surface area contributed by atoms with E-state index in [4.69, 9.17) is 0 Å². The van der Waals surface area contributed by atoms with Gasteiger partial charge >= 0.3 is 0 Å². The summed E-state index contributed by atoms with van der Waals surface area (Å²) in [5.41, 5.74) is 4.57. The molecule has 0 unspecified atom stereocenters. The van der Waals surface area contributed by atoms with Gasteiger partial charge in [0.25, 0.3) is 5.91 Å². The lowest BCUT2D eigenvalue weighted by Gasteiger charge is -2.23. The van der Waals surface area contributed by atoms with Gasteiger partial charge in [0, 0.05) is 18.8 Å². The number of amides is 1. The van der Waals surface area contributed by atoms with Crippen LogP contribution < -0.4 is 10.2 Å². The first kappa shape index (κ1) is 18.0. The number of hydrogen-bond acceptors (Lipinski definition) is 3. The van der Waals surface area contributed by atoms with Crippen LogP contribution in [0.5, 0.6) is 0 Å². The van der Waals surface area contributed by atoms with Crippen molar-refractivity contribution >= 4 is 17.3 Å². The number of nitrogens with one attached hydrogen (secondary N) is 1. The number of aromatic nitrogens is 1. The Bertz CT molecular complexity index is 674. The highest BCUT2D eigenvalue weighted by Crippen LogP contribution is 2.18. The average molecular weight is 325 g/mol. The maximum Gasteiger partial charge on any atom is 0.274 e. The minimum atomic E-state index is -0.175. The van der Waals surface area contributed by atoms with E-state index in [1.807, 2.05) is 32.0 Å². The summed E-state index contributed by atoms with van der Waals surface area (Å²) in [5, 5.41) is 2.94. The molecule has 0 saturated heterocycles. The molecular formula is C20H27N3O. The molecule has 1 N–H and O–H groups in total. The highest BCUT2D eigenvalue weighted by atomic mass is 16.1. The van der Waals surface area contributed by atoms with Crippen molar-refractivity contribution in [2.45, 2.75) is 40.5 Å². The third-order valence-electron chi connectivity index (χ3n) is 3.96. The van der Waals surface area contributed by atoms with Gasteiger partial charge in [-0.2, -0.15) is 0 Å². The highest BCUT2D eigenvalue weighted by Gasteiger charge is 2.11. The van der Waals surface area contributed by atoms with Gasteiger partial charge in [-0.25, -0.2) is 4.98 Å². The van der Waals surface area contributed by atoms with Gasteiger partial charge in [0.15, 0.2) is 0 Å². The molecule has 0 aliphatic carbocycles. The monoisotopic (exact) mass is 325 g/mol. The molecule has 0 spiro atoms. The van der Waals surface area contributed by atoms with Crippen LogP contribution in [0.2, 0.25) is 0 Å². The van der Waals surface area contributed by atoms with Crippen molar-refractivity contribution in [3.05, 3.63) is 53.3 Å². The summed E-state index contributed by atoms with van der Waals surface area (Å²) in [6.45, 7) is 10.4. The lowest BCUT2D eigenvalue weighted by atomic mass is 10.1. The standard InChI is InChI=1S/C20H27N3O/c1-5-11-23(12-6-2)17-8-10-19(21-14-17)20(24)22-18-9-7-15(3)13-16(18)4/h7-10,13-14H,5-6,11-12H2,1-4H3,(H,22,24). The number of nitrogens with zero attached hydrogens (tertiary/aromatic N) is 2. The van der Waals surface area contributed by atoms with Crippen LogP contribution in [0.25, 0.3) is 0 Å². The van der Waals surface area contributed by atoms with Crippen molar-refractivity contribution < 1.29 is 4.79 Å². The Morgan fingerprint density at radius 1 is 1.08 bits per heavy atom. The van der Waals surface area contributed by atoms with Crippen LogP contribution in [0.4, 0.5) is 11.4 Å². The van der Waals surface area contributed by atoms with Crippen LogP contribution >= 0.6 is 0 Å². The molecule has 2 aromatic rings. The molecule has 2 rings (SSSR count). The second kappa shape index (κ2) is 8.48. The molecule has 24 heavy (non-hydrogen) atoms. The Kier molecular flexibility index (Phi) is 6.36. The predicted octanol–water partition coefficient (Wildman–Crippen LogP) is 4.58. The van der Waals surface area contributed by atoms with E-state index in [9.17, 15) is 4.79 Å². The quantitative estimate of drug-likeness (QED) is 0.810. The number of hydrogen-bond donors (Lipinski definition) is 1. The third kappa shape index (κ3) is 4.57. The SMILES string of the molecule is CCCN(CCC)c1ccc(C(=O)Nc2ccc(C)cc2C)nc1. The van der Waals surface area contributed by atoms with E-state index in [-0.39, 0.29) is 5.91 Å². The van der Waals surface area contributed by atoms with Crippen molar-refractivity contribution in [3.63, 3.8) is 0 Å². The number of benzene rings is 1. The zero-order valence-corrected chi connectivity index (χ0v) is 15.1. The Hall–Kier alpha value is -2.36. The maximum atomic E-state index is 12.4. The molecule has 0 atom stereocenters. The Balaban J connectivity index is 2.10. The second-order valence-corrected chi connectivity index (χ2v) is 6.16. The van der Waals surface area contributed by atoms with Crippen LogP contribution in [0.1, 0.15) is 48.3 Å². The molecule has 128 valence electrons. The van der Waals surface area contributed by atoms with Crippen molar-refractivity contribution in [3.8, 4) is 0 Å². The molecule has 0 radical (unpaired) electrons. The maximum absolute atomic E-state index is 12.4. The van der Waals surface area contributed by atoms with E-state index in [2.05, 4.69) is 35.1 Å².